The van der Waals surface area contributed by atoms with Crippen molar-refractivity contribution >= 4 is 16.9 Å². The van der Waals surface area contributed by atoms with Crippen molar-refractivity contribution in [3.8, 4) is 5.75 Å². The molecule has 2 aromatic carbocycles. The van der Waals surface area contributed by atoms with Gasteiger partial charge in [-0.15, -0.1) is 0 Å². The number of rotatable bonds is 6. The van der Waals surface area contributed by atoms with Gasteiger partial charge in [-0.25, -0.2) is 0 Å². The molecule has 6 heteroatoms. The second kappa shape index (κ2) is 7.72. The molecule has 1 aliphatic heterocycles. The van der Waals surface area contributed by atoms with Crippen LogP contribution in [0.1, 0.15) is 34.1 Å². The normalized spacial score (nSPS) is 15.9. The first-order valence-corrected chi connectivity index (χ1v) is 9.81. The molecule has 0 saturated heterocycles. The zero-order chi connectivity index (χ0) is 20.5. The molecule has 1 atom stereocenters. The van der Waals surface area contributed by atoms with Gasteiger partial charge >= 0.3 is 0 Å². The molecule has 1 aromatic heterocycles. The minimum Gasteiger partial charge on any atom is -0.497 e. The van der Waals surface area contributed by atoms with Crippen LogP contribution in [-0.4, -0.2) is 45.1 Å². The highest BCUT2D eigenvalue weighted by atomic mass is 16.5. The largest absolute Gasteiger partial charge is 0.497 e. The van der Waals surface area contributed by atoms with Gasteiger partial charge in [-0.2, -0.15) is 0 Å². The summed E-state index contributed by atoms with van der Waals surface area (Å²) < 4.78 is 11.2. The fourth-order valence-corrected chi connectivity index (χ4v) is 3.94. The van der Waals surface area contributed by atoms with Crippen LogP contribution in [-0.2, 0) is 0 Å². The van der Waals surface area contributed by atoms with Crippen LogP contribution in [0.5, 0.6) is 5.75 Å². The third kappa shape index (κ3) is 3.40. The number of amides is 1. The molecule has 0 saturated carbocycles. The maximum atomic E-state index is 13.4. The SMILES string of the molecule is COc1ccc2c(=O)c3c(oc2c1)C(=O)N(CCC[NH+](C)C)[C@H]3c1ccccc1. The summed E-state index contributed by atoms with van der Waals surface area (Å²) in [5.74, 6) is 0.489. The molecule has 2 heterocycles. The van der Waals surface area contributed by atoms with E-state index in [0.717, 1.165) is 18.5 Å². The Kier molecular flexibility index (Phi) is 5.11. The van der Waals surface area contributed by atoms with E-state index in [1.54, 1.807) is 30.2 Å². The van der Waals surface area contributed by atoms with Crippen LogP contribution in [0.4, 0.5) is 0 Å². The van der Waals surface area contributed by atoms with E-state index < -0.39 is 6.04 Å². The molecule has 29 heavy (non-hydrogen) atoms. The van der Waals surface area contributed by atoms with Gasteiger partial charge in [-0.3, -0.25) is 9.59 Å². The Morgan fingerprint density at radius 1 is 1.10 bits per heavy atom. The van der Waals surface area contributed by atoms with Gasteiger partial charge in [-0.1, -0.05) is 30.3 Å². The summed E-state index contributed by atoms with van der Waals surface area (Å²) in [6.07, 6.45) is 0.840. The van der Waals surface area contributed by atoms with E-state index in [9.17, 15) is 9.59 Å². The van der Waals surface area contributed by atoms with Gasteiger partial charge in [0, 0.05) is 19.0 Å². The molecule has 3 aromatic rings. The van der Waals surface area contributed by atoms with E-state index in [-0.39, 0.29) is 17.1 Å². The van der Waals surface area contributed by atoms with E-state index in [1.807, 2.05) is 30.3 Å². The molecule has 150 valence electrons. The average Bonchev–Trinajstić information content (AvgIpc) is 3.00. The number of fused-ring (bicyclic) bond motifs is 2. The van der Waals surface area contributed by atoms with Crippen LogP contribution in [0.25, 0.3) is 11.0 Å². The Balaban J connectivity index is 1.87. The molecule has 0 fully saturated rings. The number of methoxy groups -OCH3 is 1. The van der Waals surface area contributed by atoms with E-state index in [0.29, 0.717) is 28.8 Å². The van der Waals surface area contributed by atoms with Crippen molar-refractivity contribution in [1.29, 1.82) is 0 Å². The molecule has 0 unspecified atom stereocenters. The van der Waals surface area contributed by atoms with Gasteiger partial charge in [0.15, 0.2) is 5.43 Å². The van der Waals surface area contributed by atoms with Crippen molar-refractivity contribution < 1.29 is 18.8 Å². The Labute approximate surface area is 169 Å². The number of hydrogen-bond acceptors (Lipinski definition) is 4. The summed E-state index contributed by atoms with van der Waals surface area (Å²) in [5, 5.41) is 0.456. The summed E-state index contributed by atoms with van der Waals surface area (Å²) in [6.45, 7) is 1.50. The number of benzene rings is 2. The van der Waals surface area contributed by atoms with Crippen molar-refractivity contribution in [3.05, 3.63) is 75.6 Å². The standard InChI is InChI=1S/C23H24N2O4/c1-24(2)12-7-13-25-20(15-8-5-4-6-9-15)19-21(26)17-11-10-16(28-3)14-18(17)29-22(19)23(25)27/h4-6,8-11,14,20H,7,12-13H2,1-3H3/p+1/t20-/m0/s1. The highest BCUT2D eigenvalue weighted by Gasteiger charge is 2.42. The summed E-state index contributed by atoms with van der Waals surface area (Å²) in [5.41, 5.74) is 1.55. The van der Waals surface area contributed by atoms with Gasteiger partial charge in [0.25, 0.3) is 5.91 Å². The smallest absolute Gasteiger partial charge is 0.290 e. The lowest BCUT2D eigenvalue weighted by molar-refractivity contribution is -0.858. The first-order valence-electron chi connectivity index (χ1n) is 9.81. The Bertz CT molecular complexity index is 1110. The number of carbonyl (C=O) groups excluding carboxylic acids is 1. The molecule has 0 spiro atoms. The third-order valence-corrected chi connectivity index (χ3v) is 5.37. The van der Waals surface area contributed by atoms with Gasteiger partial charge in [0.05, 0.1) is 44.7 Å². The number of nitrogens with one attached hydrogen (secondary N) is 1. The van der Waals surface area contributed by atoms with Crippen LogP contribution in [0, 0.1) is 0 Å². The maximum Gasteiger partial charge on any atom is 0.290 e. The zero-order valence-electron chi connectivity index (χ0n) is 16.9. The number of hydrogen-bond donors (Lipinski definition) is 1. The van der Waals surface area contributed by atoms with Crippen LogP contribution in [0.3, 0.4) is 0 Å². The van der Waals surface area contributed by atoms with Crippen molar-refractivity contribution in [2.24, 2.45) is 0 Å². The van der Waals surface area contributed by atoms with Gasteiger partial charge in [-0.05, 0) is 17.7 Å². The molecule has 0 radical (unpaired) electrons. The van der Waals surface area contributed by atoms with Crippen molar-refractivity contribution in [2.75, 3.05) is 34.3 Å². The average molecular weight is 393 g/mol. The summed E-state index contributed by atoms with van der Waals surface area (Å²) in [7, 11) is 5.72. The van der Waals surface area contributed by atoms with E-state index in [4.69, 9.17) is 9.15 Å². The molecular weight excluding hydrogens is 368 g/mol. The molecule has 6 nitrogen and oxygen atoms in total. The number of quaternary nitrogens is 1. The predicted molar refractivity (Wildman–Crippen MR) is 111 cm³/mol. The molecule has 0 bridgehead atoms. The molecule has 1 aliphatic rings. The highest BCUT2D eigenvalue weighted by Crippen LogP contribution is 2.38. The van der Waals surface area contributed by atoms with Crippen molar-refractivity contribution in [2.45, 2.75) is 12.5 Å². The summed E-state index contributed by atoms with van der Waals surface area (Å²) in [6, 6.07) is 14.3. The fourth-order valence-electron chi connectivity index (χ4n) is 3.94. The second-order valence-corrected chi connectivity index (χ2v) is 7.66. The van der Waals surface area contributed by atoms with Crippen molar-refractivity contribution in [1.82, 2.24) is 4.90 Å². The topological polar surface area (TPSA) is 64.2 Å². The minimum absolute atomic E-state index is 0.141. The maximum absolute atomic E-state index is 13.4. The lowest BCUT2D eigenvalue weighted by atomic mass is 9.98. The lowest BCUT2D eigenvalue weighted by Crippen LogP contribution is -3.05. The van der Waals surface area contributed by atoms with E-state index >= 15 is 0 Å². The quantitative estimate of drug-likeness (QED) is 0.695. The lowest BCUT2D eigenvalue weighted by Gasteiger charge is -2.25. The van der Waals surface area contributed by atoms with E-state index in [1.165, 1.54) is 4.90 Å². The molecular formula is C23H25N2O4+. The first kappa shape index (κ1) is 19.2. The molecule has 0 aliphatic carbocycles. The molecule has 4 rings (SSSR count). The molecule has 1 N–H and O–H groups in total. The summed E-state index contributed by atoms with van der Waals surface area (Å²) >= 11 is 0. The van der Waals surface area contributed by atoms with Crippen LogP contribution < -0.4 is 15.1 Å². The number of ether oxygens (including phenoxy) is 1. The Morgan fingerprint density at radius 3 is 2.55 bits per heavy atom. The third-order valence-electron chi connectivity index (χ3n) is 5.37. The van der Waals surface area contributed by atoms with Crippen LogP contribution in [0.2, 0.25) is 0 Å². The highest BCUT2D eigenvalue weighted by molar-refractivity contribution is 5.99. The predicted octanol–water partition coefficient (Wildman–Crippen LogP) is 1.88. The molecule has 1 amide bonds. The van der Waals surface area contributed by atoms with Gasteiger partial charge in [0.2, 0.25) is 5.76 Å². The Hall–Kier alpha value is -3.12. The first-order chi connectivity index (χ1) is 14.0. The van der Waals surface area contributed by atoms with Gasteiger partial charge < -0.3 is 19.0 Å². The van der Waals surface area contributed by atoms with Crippen LogP contribution in [0.15, 0.2) is 57.7 Å². The minimum atomic E-state index is -0.432. The van der Waals surface area contributed by atoms with Gasteiger partial charge in [0.1, 0.15) is 11.3 Å². The second-order valence-electron chi connectivity index (χ2n) is 7.66. The van der Waals surface area contributed by atoms with E-state index in [2.05, 4.69) is 14.1 Å². The zero-order valence-corrected chi connectivity index (χ0v) is 16.9. The summed E-state index contributed by atoms with van der Waals surface area (Å²) in [4.78, 5) is 29.7. The van der Waals surface area contributed by atoms with Crippen LogP contribution >= 0.6 is 0 Å². The monoisotopic (exact) mass is 393 g/mol. The van der Waals surface area contributed by atoms with Crippen molar-refractivity contribution in [3.63, 3.8) is 0 Å². The number of nitrogens with zero attached hydrogens (tertiary/aromatic N) is 1. The number of carbonyl (C=O) groups is 1. The fraction of sp³-hybridized carbons (Fsp3) is 0.304. The Morgan fingerprint density at radius 2 is 1.86 bits per heavy atom.